The van der Waals surface area contributed by atoms with Crippen LogP contribution in [0.25, 0.3) is 0 Å². The van der Waals surface area contributed by atoms with E-state index in [1.807, 2.05) is 4.90 Å². The molecular weight excluding hydrogens is 323 g/mol. The van der Waals surface area contributed by atoms with E-state index in [4.69, 9.17) is 23.2 Å². The normalized spacial score (nSPS) is 20.8. The van der Waals surface area contributed by atoms with E-state index >= 15 is 0 Å². The molecule has 0 bridgehead atoms. The van der Waals surface area contributed by atoms with Crippen LogP contribution in [0.5, 0.6) is 0 Å². The molecule has 0 saturated carbocycles. The maximum atomic E-state index is 12.2. The fraction of sp³-hybridized carbons (Fsp3) is 0.533. The standard InChI is InChI=1S/C15H20Cl2N4O/c1-19-2-4-20(5-3-19)14-9-21(10-14)15(22)18-13-7-11(16)6-12(17)8-13/h6-8,14H,2-5,9-10H2,1H3,(H,18,22). The molecule has 3 rings (SSSR count). The van der Waals surface area contributed by atoms with E-state index in [2.05, 4.69) is 22.2 Å². The second kappa shape index (κ2) is 6.62. The van der Waals surface area contributed by atoms with Gasteiger partial charge in [0.05, 0.1) is 0 Å². The number of carbonyl (C=O) groups excluding carboxylic acids is 1. The Morgan fingerprint density at radius 1 is 1.09 bits per heavy atom. The van der Waals surface area contributed by atoms with Gasteiger partial charge in [0.15, 0.2) is 0 Å². The molecule has 120 valence electrons. The number of halogens is 2. The number of carbonyl (C=O) groups is 1. The Bertz CT molecular complexity index is 534. The number of hydrogen-bond acceptors (Lipinski definition) is 3. The van der Waals surface area contributed by atoms with Gasteiger partial charge in [-0.3, -0.25) is 4.90 Å². The van der Waals surface area contributed by atoms with E-state index < -0.39 is 0 Å². The van der Waals surface area contributed by atoms with Gasteiger partial charge in [-0.2, -0.15) is 0 Å². The predicted molar refractivity (Wildman–Crippen MR) is 89.9 cm³/mol. The lowest BCUT2D eigenvalue weighted by molar-refractivity contribution is 0.0318. The summed E-state index contributed by atoms with van der Waals surface area (Å²) in [6.45, 7) is 5.93. The summed E-state index contributed by atoms with van der Waals surface area (Å²) < 4.78 is 0. The highest BCUT2D eigenvalue weighted by Crippen LogP contribution is 2.24. The van der Waals surface area contributed by atoms with Gasteiger partial charge < -0.3 is 15.1 Å². The first-order valence-electron chi connectivity index (χ1n) is 7.46. The predicted octanol–water partition coefficient (Wildman–Crippen LogP) is 2.46. The highest BCUT2D eigenvalue weighted by atomic mass is 35.5. The van der Waals surface area contributed by atoms with Crippen molar-refractivity contribution in [2.45, 2.75) is 6.04 Å². The molecule has 5 nitrogen and oxygen atoms in total. The Labute approximate surface area is 140 Å². The molecule has 2 amide bonds. The average molecular weight is 343 g/mol. The summed E-state index contributed by atoms with van der Waals surface area (Å²) in [5, 5.41) is 3.88. The molecule has 2 heterocycles. The van der Waals surface area contributed by atoms with Gasteiger partial charge in [0.2, 0.25) is 0 Å². The zero-order chi connectivity index (χ0) is 15.7. The van der Waals surface area contributed by atoms with E-state index in [0.717, 1.165) is 39.3 Å². The molecule has 2 aliphatic rings. The van der Waals surface area contributed by atoms with Crippen molar-refractivity contribution in [2.75, 3.05) is 51.6 Å². The highest BCUT2D eigenvalue weighted by molar-refractivity contribution is 6.35. The molecule has 1 N–H and O–H groups in total. The van der Waals surface area contributed by atoms with Crippen LogP contribution in [0.4, 0.5) is 10.5 Å². The van der Waals surface area contributed by atoms with Gasteiger partial charge in [0.1, 0.15) is 0 Å². The first-order valence-corrected chi connectivity index (χ1v) is 8.21. The Morgan fingerprint density at radius 2 is 1.68 bits per heavy atom. The third-order valence-corrected chi connectivity index (χ3v) is 4.75. The van der Waals surface area contributed by atoms with Crippen LogP contribution in [0.2, 0.25) is 10.0 Å². The minimum atomic E-state index is -0.0938. The summed E-state index contributed by atoms with van der Waals surface area (Å²) in [4.78, 5) is 18.8. The average Bonchev–Trinajstić information content (AvgIpc) is 2.38. The molecule has 2 saturated heterocycles. The van der Waals surface area contributed by atoms with E-state index in [9.17, 15) is 4.79 Å². The fourth-order valence-corrected chi connectivity index (χ4v) is 3.39. The monoisotopic (exact) mass is 342 g/mol. The minimum Gasteiger partial charge on any atom is -0.321 e. The fourth-order valence-electron chi connectivity index (χ4n) is 2.87. The number of amides is 2. The highest BCUT2D eigenvalue weighted by Gasteiger charge is 2.35. The molecule has 0 aromatic heterocycles. The van der Waals surface area contributed by atoms with Crippen LogP contribution in [0.3, 0.4) is 0 Å². The number of urea groups is 1. The molecule has 22 heavy (non-hydrogen) atoms. The number of likely N-dealkylation sites (N-methyl/N-ethyl adjacent to an activating group) is 1. The van der Waals surface area contributed by atoms with Crippen molar-refractivity contribution in [3.8, 4) is 0 Å². The van der Waals surface area contributed by atoms with Crippen molar-refractivity contribution in [2.24, 2.45) is 0 Å². The van der Waals surface area contributed by atoms with Crippen LogP contribution in [-0.2, 0) is 0 Å². The summed E-state index contributed by atoms with van der Waals surface area (Å²) in [7, 11) is 2.15. The topological polar surface area (TPSA) is 38.8 Å². The molecule has 1 aromatic rings. The minimum absolute atomic E-state index is 0.0938. The smallest absolute Gasteiger partial charge is 0.321 e. The van der Waals surface area contributed by atoms with Gasteiger partial charge in [0, 0.05) is 61.0 Å². The molecule has 0 spiro atoms. The van der Waals surface area contributed by atoms with Crippen molar-refractivity contribution in [3.05, 3.63) is 28.2 Å². The Hall–Kier alpha value is -1.01. The van der Waals surface area contributed by atoms with Crippen LogP contribution >= 0.6 is 23.2 Å². The molecule has 0 aliphatic carbocycles. The molecule has 7 heteroatoms. The summed E-state index contributed by atoms with van der Waals surface area (Å²) in [5.41, 5.74) is 0.630. The summed E-state index contributed by atoms with van der Waals surface area (Å²) in [6, 6.07) is 5.43. The van der Waals surface area contributed by atoms with E-state index in [0.29, 0.717) is 21.8 Å². The summed E-state index contributed by atoms with van der Waals surface area (Å²) in [6.07, 6.45) is 0. The number of nitrogens with zero attached hydrogens (tertiary/aromatic N) is 3. The number of rotatable bonds is 2. The Kier molecular flexibility index (Phi) is 4.78. The van der Waals surface area contributed by atoms with Crippen LogP contribution in [0.15, 0.2) is 18.2 Å². The maximum Gasteiger partial charge on any atom is 0.321 e. The number of anilines is 1. The number of hydrogen-bond donors (Lipinski definition) is 1. The van der Waals surface area contributed by atoms with Gasteiger partial charge in [-0.15, -0.1) is 0 Å². The quantitative estimate of drug-likeness (QED) is 0.897. The lowest BCUT2D eigenvalue weighted by Crippen LogP contribution is -2.64. The number of likely N-dealkylation sites (tertiary alicyclic amines) is 1. The van der Waals surface area contributed by atoms with Crippen LogP contribution in [-0.4, -0.2) is 73.1 Å². The maximum absolute atomic E-state index is 12.2. The van der Waals surface area contributed by atoms with Crippen molar-refractivity contribution >= 4 is 34.9 Å². The third kappa shape index (κ3) is 3.66. The summed E-state index contributed by atoms with van der Waals surface area (Å²) in [5.74, 6) is 0. The molecule has 1 aromatic carbocycles. The Morgan fingerprint density at radius 3 is 2.27 bits per heavy atom. The Balaban J connectivity index is 1.49. The first kappa shape index (κ1) is 15.9. The molecule has 2 fully saturated rings. The van der Waals surface area contributed by atoms with Gasteiger partial charge in [-0.1, -0.05) is 23.2 Å². The van der Waals surface area contributed by atoms with Crippen molar-refractivity contribution in [3.63, 3.8) is 0 Å². The number of nitrogens with one attached hydrogen (secondary N) is 1. The van der Waals surface area contributed by atoms with Crippen molar-refractivity contribution in [1.82, 2.24) is 14.7 Å². The van der Waals surface area contributed by atoms with Gasteiger partial charge in [-0.05, 0) is 25.2 Å². The van der Waals surface area contributed by atoms with Crippen molar-refractivity contribution in [1.29, 1.82) is 0 Å². The lowest BCUT2D eigenvalue weighted by atomic mass is 10.1. The van der Waals surface area contributed by atoms with E-state index in [1.54, 1.807) is 18.2 Å². The molecule has 0 radical (unpaired) electrons. The molecule has 2 aliphatic heterocycles. The molecular formula is C15H20Cl2N4O. The lowest BCUT2D eigenvalue weighted by Gasteiger charge is -2.47. The van der Waals surface area contributed by atoms with Crippen LogP contribution in [0.1, 0.15) is 0 Å². The van der Waals surface area contributed by atoms with Crippen LogP contribution in [0, 0.1) is 0 Å². The van der Waals surface area contributed by atoms with Crippen LogP contribution < -0.4 is 5.32 Å². The number of piperazine rings is 1. The third-order valence-electron chi connectivity index (χ3n) is 4.32. The zero-order valence-electron chi connectivity index (χ0n) is 12.6. The van der Waals surface area contributed by atoms with E-state index in [1.165, 1.54) is 0 Å². The van der Waals surface area contributed by atoms with Gasteiger partial charge in [0.25, 0.3) is 0 Å². The largest absolute Gasteiger partial charge is 0.321 e. The van der Waals surface area contributed by atoms with Gasteiger partial charge in [-0.25, -0.2) is 4.79 Å². The second-order valence-corrected chi connectivity index (χ2v) is 6.86. The summed E-state index contributed by atoms with van der Waals surface area (Å²) >= 11 is 11.9. The zero-order valence-corrected chi connectivity index (χ0v) is 14.1. The SMILES string of the molecule is CN1CCN(C2CN(C(=O)Nc3cc(Cl)cc(Cl)c3)C2)CC1. The van der Waals surface area contributed by atoms with E-state index in [-0.39, 0.29) is 6.03 Å². The molecule has 0 atom stereocenters. The molecule has 0 unspecified atom stereocenters. The van der Waals surface area contributed by atoms with Crippen molar-refractivity contribution < 1.29 is 4.79 Å². The first-order chi connectivity index (χ1) is 10.5. The second-order valence-electron chi connectivity index (χ2n) is 5.99. The number of benzene rings is 1. The van der Waals surface area contributed by atoms with Gasteiger partial charge >= 0.3 is 6.03 Å².